The molecular weight excluding hydrogens is 325 g/mol. The Kier molecular flexibility index (Phi) is 4.77. The molecule has 0 fully saturated rings. The number of aliphatic hydroxyl groups excluding tert-OH is 1. The predicted octanol–water partition coefficient (Wildman–Crippen LogP) is 2.74. The number of rotatable bonds is 4. The number of alkyl halides is 3. The van der Waals surface area contributed by atoms with Crippen molar-refractivity contribution in [2.75, 3.05) is 6.61 Å². The summed E-state index contributed by atoms with van der Waals surface area (Å²) in [6.07, 6.45) is -4.76. The molecule has 0 unspecified atom stereocenters. The van der Waals surface area contributed by atoms with Crippen LogP contribution < -0.4 is 4.74 Å². The fourth-order valence-corrected chi connectivity index (χ4v) is 2.05. The van der Waals surface area contributed by atoms with Gasteiger partial charge in [-0.2, -0.15) is 28.8 Å². The highest BCUT2D eigenvalue weighted by Crippen LogP contribution is 2.39. The van der Waals surface area contributed by atoms with E-state index in [0.29, 0.717) is 0 Å². The molecule has 0 spiro atoms. The van der Waals surface area contributed by atoms with Crippen molar-refractivity contribution in [3.05, 3.63) is 40.7 Å². The molecule has 0 aliphatic rings. The van der Waals surface area contributed by atoms with E-state index < -0.39 is 17.6 Å². The van der Waals surface area contributed by atoms with Crippen LogP contribution in [0.15, 0.2) is 18.2 Å². The molecule has 2 rings (SSSR count). The zero-order valence-electron chi connectivity index (χ0n) is 12.4. The zero-order valence-corrected chi connectivity index (χ0v) is 12.4. The molecule has 0 saturated carbocycles. The Morgan fingerprint density at radius 2 is 1.79 bits per heavy atom. The Hall–Kier alpha value is -3.04. The summed E-state index contributed by atoms with van der Waals surface area (Å²) < 4.78 is 45.7. The number of benzene rings is 1. The van der Waals surface area contributed by atoms with Crippen LogP contribution in [-0.2, 0) is 12.7 Å². The van der Waals surface area contributed by atoms with Gasteiger partial charge in [-0.15, -0.1) is 0 Å². The van der Waals surface area contributed by atoms with Crippen LogP contribution in [0, 0.1) is 29.6 Å². The Morgan fingerprint density at radius 3 is 2.25 bits per heavy atom. The Balaban J connectivity index is 2.54. The predicted molar refractivity (Wildman–Crippen MR) is 75.0 cm³/mol. The van der Waals surface area contributed by atoms with Gasteiger partial charge in [0.15, 0.2) is 5.75 Å². The monoisotopic (exact) mass is 336 g/mol. The number of halogens is 3. The first-order chi connectivity index (χ1) is 11.3. The van der Waals surface area contributed by atoms with Gasteiger partial charge in [-0.1, -0.05) is 0 Å². The highest BCUT2D eigenvalue weighted by molar-refractivity contribution is 5.48. The first-order valence-electron chi connectivity index (χ1n) is 6.68. The molecule has 1 aromatic carbocycles. The van der Waals surface area contributed by atoms with Crippen molar-refractivity contribution in [1.29, 1.82) is 10.5 Å². The topological polar surface area (TPSA) is 94.9 Å². The standard InChI is InChI=1S/C15H11F3N4O2/c1-9-13(14(15(16,17)18)21-22(9)2-3-23)24-12-5-10(7-19)4-11(6-12)8-20/h4-6,23H,2-3H2,1H3. The average Bonchev–Trinajstić information content (AvgIpc) is 2.84. The lowest BCUT2D eigenvalue weighted by atomic mass is 10.1. The van der Waals surface area contributed by atoms with Crippen LogP contribution in [0.2, 0.25) is 0 Å². The average molecular weight is 336 g/mol. The molecule has 0 saturated heterocycles. The second-order valence-electron chi connectivity index (χ2n) is 4.78. The lowest BCUT2D eigenvalue weighted by Gasteiger charge is -2.09. The molecule has 0 atom stereocenters. The summed E-state index contributed by atoms with van der Waals surface area (Å²) in [5.41, 5.74) is -1.01. The number of aromatic nitrogens is 2. The minimum absolute atomic E-state index is 0.0669. The summed E-state index contributed by atoms with van der Waals surface area (Å²) in [7, 11) is 0. The molecule has 0 bridgehead atoms. The molecule has 1 N–H and O–H groups in total. The van der Waals surface area contributed by atoms with Gasteiger partial charge in [0.1, 0.15) is 5.75 Å². The van der Waals surface area contributed by atoms with Gasteiger partial charge in [0.25, 0.3) is 0 Å². The van der Waals surface area contributed by atoms with Gasteiger partial charge in [-0.05, 0) is 25.1 Å². The molecule has 0 aliphatic carbocycles. The maximum Gasteiger partial charge on any atom is 0.438 e. The van der Waals surface area contributed by atoms with E-state index >= 15 is 0 Å². The molecule has 24 heavy (non-hydrogen) atoms. The summed E-state index contributed by atoms with van der Waals surface area (Å²) >= 11 is 0. The molecule has 2 aromatic rings. The fourth-order valence-electron chi connectivity index (χ4n) is 2.05. The van der Waals surface area contributed by atoms with Crippen LogP contribution in [0.5, 0.6) is 11.5 Å². The van der Waals surface area contributed by atoms with Crippen molar-refractivity contribution in [2.24, 2.45) is 0 Å². The van der Waals surface area contributed by atoms with Gasteiger partial charge in [0.05, 0.1) is 42.1 Å². The number of nitrogens with zero attached hydrogens (tertiary/aromatic N) is 4. The number of hydrogen-bond donors (Lipinski definition) is 1. The summed E-state index contributed by atoms with van der Waals surface area (Å²) in [5.74, 6) is -0.613. The van der Waals surface area contributed by atoms with E-state index in [9.17, 15) is 13.2 Å². The fraction of sp³-hybridized carbons (Fsp3) is 0.267. The van der Waals surface area contributed by atoms with Gasteiger partial charge in [0, 0.05) is 0 Å². The van der Waals surface area contributed by atoms with Crippen molar-refractivity contribution in [3.63, 3.8) is 0 Å². The van der Waals surface area contributed by atoms with Crippen LogP contribution in [0.3, 0.4) is 0 Å². The van der Waals surface area contributed by atoms with E-state index in [2.05, 4.69) is 5.10 Å². The third-order valence-electron chi connectivity index (χ3n) is 3.12. The molecular formula is C15H11F3N4O2. The SMILES string of the molecule is Cc1c(Oc2cc(C#N)cc(C#N)c2)c(C(F)(F)F)nn1CCO. The van der Waals surface area contributed by atoms with Gasteiger partial charge in [0.2, 0.25) is 5.69 Å². The number of ether oxygens (including phenoxy) is 1. The van der Waals surface area contributed by atoms with Crippen molar-refractivity contribution < 1.29 is 23.0 Å². The van der Waals surface area contributed by atoms with Crippen LogP contribution in [0.25, 0.3) is 0 Å². The van der Waals surface area contributed by atoms with E-state index in [4.69, 9.17) is 20.4 Å². The number of aliphatic hydroxyl groups is 1. The first kappa shape index (κ1) is 17.3. The molecule has 0 amide bonds. The number of nitriles is 2. The minimum Gasteiger partial charge on any atom is -0.453 e. The van der Waals surface area contributed by atoms with E-state index in [0.717, 1.165) is 4.68 Å². The molecule has 1 aromatic heterocycles. The first-order valence-corrected chi connectivity index (χ1v) is 6.68. The zero-order chi connectivity index (χ0) is 17.9. The third kappa shape index (κ3) is 3.47. The maximum absolute atomic E-state index is 13.2. The van der Waals surface area contributed by atoms with Gasteiger partial charge in [-0.25, -0.2) is 0 Å². The largest absolute Gasteiger partial charge is 0.453 e. The quantitative estimate of drug-likeness (QED) is 0.926. The van der Waals surface area contributed by atoms with Crippen molar-refractivity contribution in [2.45, 2.75) is 19.6 Å². The lowest BCUT2D eigenvalue weighted by Crippen LogP contribution is -2.10. The lowest BCUT2D eigenvalue weighted by molar-refractivity contribution is -0.142. The van der Waals surface area contributed by atoms with E-state index in [-0.39, 0.29) is 35.7 Å². The van der Waals surface area contributed by atoms with E-state index in [1.54, 1.807) is 12.1 Å². The van der Waals surface area contributed by atoms with E-state index in [1.165, 1.54) is 25.1 Å². The highest BCUT2D eigenvalue weighted by atomic mass is 19.4. The normalized spacial score (nSPS) is 11.0. The summed E-state index contributed by atoms with van der Waals surface area (Å²) in [4.78, 5) is 0. The maximum atomic E-state index is 13.2. The van der Waals surface area contributed by atoms with Crippen LogP contribution in [0.1, 0.15) is 22.5 Å². The van der Waals surface area contributed by atoms with Gasteiger partial charge >= 0.3 is 6.18 Å². The second kappa shape index (κ2) is 6.60. The second-order valence-corrected chi connectivity index (χ2v) is 4.78. The number of hydrogen-bond acceptors (Lipinski definition) is 5. The highest BCUT2D eigenvalue weighted by Gasteiger charge is 2.40. The Bertz CT molecular complexity index is 812. The smallest absolute Gasteiger partial charge is 0.438 e. The molecule has 1 heterocycles. The van der Waals surface area contributed by atoms with Gasteiger partial charge < -0.3 is 9.84 Å². The summed E-state index contributed by atoms with van der Waals surface area (Å²) in [5, 5.41) is 30.2. The van der Waals surface area contributed by atoms with Crippen LogP contribution in [-0.4, -0.2) is 21.5 Å². The molecule has 6 nitrogen and oxygen atoms in total. The summed E-state index contributed by atoms with van der Waals surface area (Å²) in [6, 6.07) is 7.35. The molecule has 124 valence electrons. The van der Waals surface area contributed by atoms with Crippen molar-refractivity contribution >= 4 is 0 Å². The minimum atomic E-state index is -4.76. The molecule has 0 radical (unpaired) electrons. The summed E-state index contributed by atoms with van der Waals surface area (Å²) in [6.45, 7) is 0.855. The van der Waals surface area contributed by atoms with Crippen LogP contribution >= 0.6 is 0 Å². The van der Waals surface area contributed by atoms with E-state index in [1.807, 2.05) is 0 Å². The molecule has 9 heteroatoms. The Morgan fingerprint density at radius 1 is 1.21 bits per heavy atom. The van der Waals surface area contributed by atoms with Crippen LogP contribution in [0.4, 0.5) is 13.2 Å². The third-order valence-corrected chi connectivity index (χ3v) is 3.12. The van der Waals surface area contributed by atoms with Gasteiger partial charge in [-0.3, -0.25) is 4.68 Å². The Labute approximate surface area is 134 Å². The molecule has 0 aliphatic heterocycles. The van der Waals surface area contributed by atoms with Crippen molar-refractivity contribution in [1.82, 2.24) is 9.78 Å². The van der Waals surface area contributed by atoms with Crippen molar-refractivity contribution in [3.8, 4) is 23.6 Å².